The quantitative estimate of drug-likeness (QED) is 0.0755. The van der Waals surface area contributed by atoms with Crippen LogP contribution < -0.4 is 5.32 Å². The van der Waals surface area contributed by atoms with Gasteiger partial charge in [-0.05, 0) is 59.7 Å². The third kappa shape index (κ3) is 13.4. The molecule has 1 amide bonds. The number of carbonyl (C=O) groups is 1. The topological polar surface area (TPSA) is 119 Å². The lowest BCUT2D eigenvalue weighted by molar-refractivity contribution is -0.273. The van der Waals surface area contributed by atoms with Gasteiger partial charge in [-0.3, -0.25) is 0 Å². The minimum Gasteiger partial charge on any atom is -0.445 e. The van der Waals surface area contributed by atoms with Gasteiger partial charge in [0.2, 0.25) is 0 Å². The number of rotatable bonds is 21. The van der Waals surface area contributed by atoms with Crippen LogP contribution in [0, 0.1) is 6.92 Å². The lowest BCUT2D eigenvalue weighted by Crippen LogP contribution is -2.61. The molecule has 0 aromatic heterocycles. The molecule has 1 unspecified atom stereocenters. The molecule has 0 bridgehead atoms. The number of hydrogen-bond donors (Lipinski definition) is 1. The van der Waals surface area contributed by atoms with Gasteiger partial charge in [0.05, 0.1) is 44.0 Å². The maximum Gasteiger partial charge on any atom is 0.408 e. The van der Waals surface area contributed by atoms with E-state index in [1.807, 2.05) is 159 Å². The molecule has 1 N–H and O–H groups in total. The Morgan fingerprint density at radius 1 is 0.540 bits per heavy atom. The summed E-state index contributed by atoms with van der Waals surface area (Å²) in [5.41, 5.74) is 5.55. The summed E-state index contributed by atoms with van der Waals surface area (Å²) in [6, 6.07) is 55.3. The van der Waals surface area contributed by atoms with Gasteiger partial charge in [0.15, 0.2) is 9.84 Å². The Morgan fingerprint density at radius 2 is 0.952 bits per heavy atom. The van der Waals surface area contributed by atoms with Gasteiger partial charge in [-0.25, -0.2) is 13.2 Å². The normalized spacial score (nSPS) is 19.2. The minimum atomic E-state index is -4.13. The molecular weight excluding hydrogens is 815 g/mol. The van der Waals surface area contributed by atoms with Crippen molar-refractivity contribution in [3.63, 3.8) is 0 Å². The fourth-order valence-corrected chi connectivity index (χ4v) is 9.07. The zero-order valence-corrected chi connectivity index (χ0v) is 36.3. The highest BCUT2D eigenvalue weighted by Gasteiger charge is 2.49. The Hall–Kier alpha value is -5.66. The molecule has 11 heteroatoms. The van der Waals surface area contributed by atoms with Crippen LogP contribution in [-0.2, 0) is 71.3 Å². The summed E-state index contributed by atoms with van der Waals surface area (Å²) in [6.45, 7) is 3.11. The SMILES string of the molecule is Cc1ccc(S(=O)(=O)C(CC[C@H]2O[C@H](COCc3ccccc3)[C@@H](OCc3ccccc3)[C@H](OCc3ccccc3)[C@H]2OCc2ccccc2)NC(=O)OCc2ccccc2)cc1. The minimum absolute atomic E-state index is 0.0272. The van der Waals surface area contributed by atoms with Gasteiger partial charge in [-0.15, -0.1) is 0 Å². The van der Waals surface area contributed by atoms with E-state index < -0.39 is 51.8 Å². The average Bonchev–Trinajstić information content (AvgIpc) is 3.32. The van der Waals surface area contributed by atoms with Crippen molar-refractivity contribution >= 4 is 15.9 Å². The summed E-state index contributed by atoms with van der Waals surface area (Å²) in [6.07, 6.45) is -4.23. The highest BCUT2D eigenvalue weighted by molar-refractivity contribution is 7.92. The molecule has 0 radical (unpaired) electrons. The smallest absolute Gasteiger partial charge is 0.408 e. The van der Waals surface area contributed by atoms with Gasteiger partial charge in [0.25, 0.3) is 0 Å². The number of aryl methyl sites for hydroxylation is 1. The van der Waals surface area contributed by atoms with Gasteiger partial charge >= 0.3 is 6.09 Å². The lowest BCUT2D eigenvalue weighted by Gasteiger charge is -2.46. The van der Waals surface area contributed by atoms with E-state index in [4.69, 9.17) is 28.4 Å². The molecule has 10 nitrogen and oxygen atoms in total. The Kier molecular flexibility index (Phi) is 16.7. The van der Waals surface area contributed by atoms with Crippen molar-refractivity contribution in [1.82, 2.24) is 5.32 Å². The number of ether oxygens (including phenoxy) is 6. The maximum atomic E-state index is 14.4. The van der Waals surface area contributed by atoms with E-state index in [9.17, 15) is 13.2 Å². The van der Waals surface area contributed by atoms with Crippen LogP contribution in [0.15, 0.2) is 181 Å². The summed E-state index contributed by atoms with van der Waals surface area (Å²) in [5, 5.41) is 1.33. The fraction of sp³-hybridized carbons (Fsp3) is 0.288. The summed E-state index contributed by atoms with van der Waals surface area (Å²) >= 11 is 0. The predicted octanol–water partition coefficient (Wildman–Crippen LogP) is 9.54. The van der Waals surface area contributed by atoms with Crippen LogP contribution in [0.5, 0.6) is 0 Å². The lowest BCUT2D eigenvalue weighted by atomic mass is 9.91. The molecule has 63 heavy (non-hydrogen) atoms. The first kappa shape index (κ1) is 45.4. The molecule has 6 atom stereocenters. The van der Waals surface area contributed by atoms with E-state index in [-0.39, 0.29) is 50.8 Å². The Balaban J connectivity index is 1.21. The van der Waals surface area contributed by atoms with Gasteiger partial charge in [-0.2, -0.15) is 0 Å². The second-order valence-electron chi connectivity index (χ2n) is 15.6. The number of alkyl carbamates (subject to hydrolysis) is 1. The Labute approximate surface area is 371 Å². The predicted molar refractivity (Wildman–Crippen MR) is 241 cm³/mol. The molecule has 1 fully saturated rings. The summed E-state index contributed by atoms with van der Waals surface area (Å²) in [4.78, 5) is 13.5. The summed E-state index contributed by atoms with van der Waals surface area (Å²) < 4.78 is 68.3. The fourth-order valence-electron chi connectivity index (χ4n) is 7.53. The van der Waals surface area contributed by atoms with E-state index in [0.29, 0.717) is 6.61 Å². The average molecular weight is 870 g/mol. The van der Waals surface area contributed by atoms with Crippen LogP contribution in [0.1, 0.15) is 46.2 Å². The van der Waals surface area contributed by atoms with Crippen LogP contribution in [0.4, 0.5) is 4.79 Å². The first-order valence-corrected chi connectivity index (χ1v) is 22.9. The van der Waals surface area contributed by atoms with E-state index in [1.165, 1.54) is 0 Å². The number of amides is 1. The summed E-state index contributed by atoms with van der Waals surface area (Å²) in [5.74, 6) is 0. The van der Waals surface area contributed by atoms with Crippen LogP contribution in [0.3, 0.4) is 0 Å². The monoisotopic (exact) mass is 869 g/mol. The van der Waals surface area contributed by atoms with Crippen LogP contribution in [-0.4, -0.2) is 57.0 Å². The molecule has 6 aromatic rings. The van der Waals surface area contributed by atoms with Crippen LogP contribution in [0.25, 0.3) is 0 Å². The molecule has 1 aliphatic heterocycles. The molecule has 0 aliphatic carbocycles. The first-order valence-electron chi connectivity index (χ1n) is 21.3. The summed E-state index contributed by atoms with van der Waals surface area (Å²) in [7, 11) is -4.13. The van der Waals surface area contributed by atoms with Crippen molar-refractivity contribution in [2.24, 2.45) is 0 Å². The van der Waals surface area contributed by atoms with E-state index in [1.54, 1.807) is 24.3 Å². The Bertz CT molecular complexity index is 2360. The van der Waals surface area contributed by atoms with Crippen molar-refractivity contribution < 1.29 is 41.6 Å². The molecule has 1 heterocycles. The zero-order valence-electron chi connectivity index (χ0n) is 35.4. The molecular formula is C52H55NO9S. The van der Waals surface area contributed by atoms with Gasteiger partial charge < -0.3 is 33.7 Å². The second kappa shape index (κ2) is 23.1. The van der Waals surface area contributed by atoms with Gasteiger partial charge in [-0.1, -0.05) is 169 Å². The van der Waals surface area contributed by atoms with E-state index >= 15 is 0 Å². The van der Waals surface area contributed by atoms with Gasteiger partial charge in [0, 0.05) is 0 Å². The molecule has 6 aromatic carbocycles. The van der Waals surface area contributed by atoms with E-state index in [2.05, 4.69) is 5.32 Å². The van der Waals surface area contributed by atoms with E-state index in [0.717, 1.165) is 33.4 Å². The van der Waals surface area contributed by atoms with Crippen molar-refractivity contribution in [3.8, 4) is 0 Å². The number of nitrogens with one attached hydrogen (secondary N) is 1. The highest BCUT2D eigenvalue weighted by Crippen LogP contribution is 2.34. The van der Waals surface area contributed by atoms with Crippen molar-refractivity contribution in [3.05, 3.63) is 209 Å². The van der Waals surface area contributed by atoms with Crippen LogP contribution >= 0.6 is 0 Å². The standard InChI is InChI=1S/C52H55NO9S/c1-39-27-29-45(30-28-39)63(55,56)48(53-52(54)61-37-44-25-15-6-16-26-44)32-31-46-49(58-34-41-19-9-3-10-20-41)51(60-36-43-23-13-5-14-24-43)50(59-35-42-21-11-4-12-22-42)47(62-46)38-57-33-40-17-7-2-8-18-40/h2-30,46-51H,31-38H2,1H3,(H,53,54)/t46-,47-,48?,49+,50-,51-/m1/s1. The molecule has 0 spiro atoms. The maximum absolute atomic E-state index is 14.4. The molecule has 1 saturated heterocycles. The second-order valence-corrected chi connectivity index (χ2v) is 17.8. The third-order valence-electron chi connectivity index (χ3n) is 10.9. The highest BCUT2D eigenvalue weighted by atomic mass is 32.2. The number of carbonyl (C=O) groups excluding carboxylic acids is 1. The molecule has 1 aliphatic rings. The number of sulfone groups is 1. The molecule has 328 valence electrons. The van der Waals surface area contributed by atoms with Crippen molar-refractivity contribution in [2.45, 2.75) is 93.6 Å². The molecule has 7 rings (SSSR count). The number of hydrogen-bond acceptors (Lipinski definition) is 9. The number of benzene rings is 6. The third-order valence-corrected chi connectivity index (χ3v) is 12.9. The largest absolute Gasteiger partial charge is 0.445 e. The Morgan fingerprint density at radius 3 is 1.43 bits per heavy atom. The van der Waals surface area contributed by atoms with Crippen molar-refractivity contribution in [1.29, 1.82) is 0 Å². The molecule has 0 saturated carbocycles. The van der Waals surface area contributed by atoms with Crippen molar-refractivity contribution in [2.75, 3.05) is 6.61 Å². The first-order chi connectivity index (χ1) is 30.8. The van der Waals surface area contributed by atoms with Gasteiger partial charge in [0.1, 0.15) is 36.4 Å². The van der Waals surface area contributed by atoms with Crippen LogP contribution in [0.2, 0.25) is 0 Å². The zero-order chi connectivity index (χ0) is 43.7.